The number of aliphatic hydroxyl groups is 2. The molecular formula is C29H39NO7S2. The van der Waals surface area contributed by atoms with Crippen molar-refractivity contribution < 1.29 is 32.9 Å². The normalized spacial score (nSPS) is 27.0. The topological polar surface area (TPSA) is 122 Å². The van der Waals surface area contributed by atoms with E-state index in [9.17, 15) is 23.4 Å². The van der Waals surface area contributed by atoms with E-state index in [2.05, 4.69) is 0 Å². The zero-order valence-electron chi connectivity index (χ0n) is 22.3. The fourth-order valence-electron chi connectivity index (χ4n) is 5.33. The molecule has 6 atom stereocenters. The van der Waals surface area contributed by atoms with Crippen LogP contribution in [0, 0.1) is 11.8 Å². The number of aliphatic hydroxyl groups excluding tert-OH is 2. The van der Waals surface area contributed by atoms with Crippen LogP contribution < -0.4 is 4.72 Å². The van der Waals surface area contributed by atoms with Crippen molar-refractivity contribution in [3.05, 3.63) is 59.5 Å². The van der Waals surface area contributed by atoms with Gasteiger partial charge in [0.15, 0.2) is 6.29 Å². The Labute approximate surface area is 234 Å². The van der Waals surface area contributed by atoms with Gasteiger partial charge in [-0.3, -0.25) is 9.52 Å². The number of carbonyl (C=O) groups is 1. The molecule has 1 aliphatic heterocycles. The molecule has 1 amide bonds. The lowest BCUT2D eigenvalue weighted by Crippen LogP contribution is -2.30. The molecule has 1 aromatic carbocycles. The van der Waals surface area contributed by atoms with Gasteiger partial charge in [-0.1, -0.05) is 42.5 Å². The largest absolute Gasteiger partial charge is 0.393 e. The first-order chi connectivity index (χ1) is 18.7. The molecule has 214 valence electrons. The standard InChI is InChI=1S/C29H39NO7S2/c1-39(34,35)30-28(33)13-5-3-2-4-11-21-22(25(19-24(21)32)37-29-14-8-9-17-36-29)15-16-23(31)27-18-20-10-6-7-12-26(20)38-27/h2,4,6-7,10,12,15-16,18,21-25,29,31-32H,3,5,8-9,11,13-14,17,19H2,1H3,(H,30,33)/b4-2-,16-15+/t21-,22-,23-,24+,25-,29?/m1/s1. The lowest BCUT2D eigenvalue weighted by molar-refractivity contribution is -0.193. The molecule has 8 nitrogen and oxygen atoms in total. The summed E-state index contributed by atoms with van der Waals surface area (Å²) in [6.07, 6.45) is 12.3. The van der Waals surface area contributed by atoms with Crippen molar-refractivity contribution in [1.29, 1.82) is 0 Å². The van der Waals surface area contributed by atoms with Crippen LogP contribution in [0.5, 0.6) is 0 Å². The second kappa shape index (κ2) is 14.0. The van der Waals surface area contributed by atoms with Crippen molar-refractivity contribution in [3.63, 3.8) is 0 Å². The van der Waals surface area contributed by atoms with Crippen LogP contribution in [0.2, 0.25) is 0 Å². The minimum atomic E-state index is -3.54. The van der Waals surface area contributed by atoms with Crippen molar-refractivity contribution in [1.82, 2.24) is 4.72 Å². The Kier molecular flexibility index (Phi) is 10.7. The molecule has 2 heterocycles. The zero-order valence-corrected chi connectivity index (χ0v) is 23.9. The van der Waals surface area contributed by atoms with Gasteiger partial charge in [-0.25, -0.2) is 8.42 Å². The van der Waals surface area contributed by atoms with Crippen molar-refractivity contribution >= 4 is 37.4 Å². The maximum Gasteiger partial charge on any atom is 0.233 e. The number of hydrogen-bond acceptors (Lipinski definition) is 8. The lowest BCUT2D eigenvalue weighted by Gasteiger charge is -2.29. The SMILES string of the molecule is CS(=O)(=O)NC(=O)CCC/C=C\C[C@@H]1[C@@H](/C=C/[C@@H](O)c2cc3ccccc3s2)[C@H](OC2CCCCO2)C[C@@H]1O. The Bertz CT molecular complexity index is 1220. The summed E-state index contributed by atoms with van der Waals surface area (Å²) < 4.78 is 37.5. The molecule has 1 unspecified atom stereocenters. The molecule has 1 saturated heterocycles. The summed E-state index contributed by atoms with van der Waals surface area (Å²) in [6, 6.07) is 10.1. The molecule has 3 N–H and O–H groups in total. The van der Waals surface area contributed by atoms with E-state index in [0.717, 1.165) is 40.5 Å². The maximum atomic E-state index is 11.7. The molecule has 4 rings (SSSR count). The molecule has 2 fully saturated rings. The van der Waals surface area contributed by atoms with Crippen LogP contribution in [0.1, 0.15) is 62.3 Å². The smallest absolute Gasteiger partial charge is 0.233 e. The van der Waals surface area contributed by atoms with Crippen molar-refractivity contribution in [2.45, 2.75) is 76.0 Å². The molecular weight excluding hydrogens is 538 g/mol. The number of rotatable bonds is 12. The minimum Gasteiger partial charge on any atom is -0.393 e. The fraction of sp³-hybridized carbons (Fsp3) is 0.552. The first kappa shape index (κ1) is 29.9. The third-order valence-electron chi connectivity index (χ3n) is 7.26. The highest BCUT2D eigenvalue weighted by molar-refractivity contribution is 7.89. The lowest BCUT2D eigenvalue weighted by atomic mass is 9.89. The van der Waals surface area contributed by atoms with Crippen LogP contribution in [0.25, 0.3) is 10.1 Å². The molecule has 0 radical (unpaired) electrons. The van der Waals surface area contributed by atoms with Crippen LogP contribution in [0.15, 0.2) is 54.6 Å². The first-order valence-electron chi connectivity index (χ1n) is 13.7. The third kappa shape index (κ3) is 8.96. The highest BCUT2D eigenvalue weighted by atomic mass is 32.2. The number of amides is 1. The second-order valence-corrected chi connectivity index (χ2v) is 13.3. The van der Waals surface area contributed by atoms with E-state index < -0.39 is 28.1 Å². The van der Waals surface area contributed by atoms with E-state index in [-0.39, 0.29) is 30.7 Å². The number of ether oxygens (including phenoxy) is 2. The van der Waals surface area contributed by atoms with Gasteiger partial charge < -0.3 is 19.7 Å². The van der Waals surface area contributed by atoms with Crippen LogP contribution >= 0.6 is 11.3 Å². The highest BCUT2D eigenvalue weighted by Gasteiger charge is 2.42. The maximum absolute atomic E-state index is 11.7. The molecule has 1 aromatic heterocycles. The number of unbranched alkanes of at least 4 members (excludes halogenated alkanes) is 1. The van der Waals surface area contributed by atoms with E-state index in [4.69, 9.17) is 9.47 Å². The number of carbonyl (C=O) groups excluding carboxylic acids is 1. The predicted octanol–water partition coefficient (Wildman–Crippen LogP) is 4.59. The summed E-state index contributed by atoms with van der Waals surface area (Å²) in [6.45, 7) is 0.680. The van der Waals surface area contributed by atoms with Gasteiger partial charge in [-0.05, 0) is 62.0 Å². The Hall–Kier alpha value is -2.08. The average molecular weight is 578 g/mol. The van der Waals surface area contributed by atoms with Gasteiger partial charge in [0.2, 0.25) is 15.9 Å². The number of nitrogens with one attached hydrogen (secondary N) is 1. The summed E-state index contributed by atoms with van der Waals surface area (Å²) in [4.78, 5) is 12.5. The predicted molar refractivity (Wildman–Crippen MR) is 153 cm³/mol. The number of allylic oxidation sites excluding steroid dienone is 2. The molecule has 10 heteroatoms. The minimum absolute atomic E-state index is 0.0887. The number of sulfonamides is 1. The molecule has 0 bridgehead atoms. The van der Waals surface area contributed by atoms with Gasteiger partial charge >= 0.3 is 0 Å². The van der Waals surface area contributed by atoms with E-state index in [1.54, 1.807) is 11.3 Å². The average Bonchev–Trinajstić information content (AvgIpc) is 3.45. The summed E-state index contributed by atoms with van der Waals surface area (Å²) in [5.41, 5.74) is 0. The van der Waals surface area contributed by atoms with Gasteiger partial charge in [-0.2, -0.15) is 0 Å². The molecule has 1 saturated carbocycles. The summed E-state index contributed by atoms with van der Waals surface area (Å²) >= 11 is 1.57. The number of thiophene rings is 1. The Morgan fingerprint density at radius 3 is 2.85 bits per heavy atom. The number of benzene rings is 1. The van der Waals surface area contributed by atoms with Crippen LogP contribution in [0.4, 0.5) is 0 Å². The van der Waals surface area contributed by atoms with E-state index >= 15 is 0 Å². The van der Waals surface area contributed by atoms with Gasteiger partial charge in [0.1, 0.15) is 6.10 Å². The summed E-state index contributed by atoms with van der Waals surface area (Å²) in [5, 5.41) is 23.0. The van der Waals surface area contributed by atoms with E-state index in [0.29, 0.717) is 32.3 Å². The van der Waals surface area contributed by atoms with Crippen LogP contribution in [-0.2, 0) is 24.3 Å². The van der Waals surface area contributed by atoms with E-state index in [1.165, 1.54) is 0 Å². The quantitative estimate of drug-likeness (QED) is 0.249. The van der Waals surface area contributed by atoms with E-state index in [1.807, 2.05) is 59.4 Å². The third-order valence-corrected chi connectivity index (χ3v) is 9.04. The van der Waals surface area contributed by atoms with Gasteiger partial charge in [0, 0.05) is 34.9 Å². The molecule has 2 aromatic rings. The molecule has 2 aliphatic rings. The first-order valence-corrected chi connectivity index (χ1v) is 16.4. The van der Waals surface area contributed by atoms with Gasteiger partial charge in [0.05, 0.1) is 18.5 Å². The Morgan fingerprint density at radius 2 is 2.10 bits per heavy atom. The van der Waals surface area contributed by atoms with Gasteiger partial charge in [0.25, 0.3) is 0 Å². The summed E-state index contributed by atoms with van der Waals surface area (Å²) in [7, 11) is -3.54. The molecule has 1 aliphatic carbocycles. The summed E-state index contributed by atoms with van der Waals surface area (Å²) in [5.74, 6) is -0.696. The van der Waals surface area contributed by atoms with Crippen molar-refractivity contribution in [2.24, 2.45) is 11.8 Å². The van der Waals surface area contributed by atoms with Crippen molar-refractivity contribution in [2.75, 3.05) is 12.9 Å². The zero-order chi connectivity index (χ0) is 27.8. The van der Waals surface area contributed by atoms with Crippen molar-refractivity contribution in [3.8, 4) is 0 Å². The Morgan fingerprint density at radius 1 is 1.28 bits per heavy atom. The van der Waals surface area contributed by atoms with Crippen LogP contribution in [0.3, 0.4) is 0 Å². The van der Waals surface area contributed by atoms with Crippen LogP contribution in [-0.4, -0.2) is 55.9 Å². The Balaban J connectivity index is 1.39. The molecule has 0 spiro atoms. The monoisotopic (exact) mass is 577 g/mol. The second-order valence-electron chi connectivity index (χ2n) is 10.4. The number of hydrogen-bond donors (Lipinski definition) is 3. The number of fused-ring (bicyclic) bond motifs is 1. The highest BCUT2D eigenvalue weighted by Crippen LogP contribution is 2.40. The fourth-order valence-corrected chi connectivity index (χ4v) is 6.88. The molecule has 39 heavy (non-hydrogen) atoms. The van der Waals surface area contributed by atoms with Gasteiger partial charge in [-0.15, -0.1) is 11.3 Å².